The molecule has 21 heavy (non-hydrogen) atoms. The van der Waals surface area contributed by atoms with E-state index in [9.17, 15) is 10.1 Å². The number of nitrogens with one attached hydrogen (secondary N) is 1. The third kappa shape index (κ3) is 2.64. The van der Waals surface area contributed by atoms with E-state index in [0.717, 1.165) is 16.5 Å². The zero-order valence-corrected chi connectivity index (χ0v) is 11.1. The fourth-order valence-electron chi connectivity index (χ4n) is 2.18. The van der Waals surface area contributed by atoms with Gasteiger partial charge in [-0.3, -0.25) is 4.98 Å². The minimum atomic E-state index is -0.496. The number of anilines is 1. The Morgan fingerprint density at radius 3 is 2.67 bits per heavy atom. The maximum Gasteiger partial charge on any atom is 0.386 e. The Kier molecular flexibility index (Phi) is 3.42. The van der Waals surface area contributed by atoms with Gasteiger partial charge in [-0.2, -0.15) is 0 Å². The van der Waals surface area contributed by atoms with E-state index in [1.54, 1.807) is 18.3 Å². The van der Waals surface area contributed by atoms with Crippen LogP contribution in [0.15, 0.2) is 54.9 Å². The molecular weight excluding hydrogens is 268 g/mol. The van der Waals surface area contributed by atoms with Crippen molar-refractivity contribution < 1.29 is 4.92 Å². The first kappa shape index (κ1) is 13.0. The Labute approximate surface area is 120 Å². The van der Waals surface area contributed by atoms with Crippen LogP contribution in [0.25, 0.3) is 10.9 Å². The summed E-state index contributed by atoms with van der Waals surface area (Å²) in [5.41, 5.74) is 2.26. The van der Waals surface area contributed by atoms with Crippen molar-refractivity contribution in [3.63, 3.8) is 0 Å². The average Bonchev–Trinajstić information content (AvgIpc) is 2.53. The predicted molar refractivity (Wildman–Crippen MR) is 80.0 cm³/mol. The van der Waals surface area contributed by atoms with Crippen molar-refractivity contribution in [1.29, 1.82) is 0 Å². The van der Waals surface area contributed by atoms with Gasteiger partial charge in [0, 0.05) is 18.1 Å². The summed E-state index contributed by atoms with van der Waals surface area (Å²) in [5, 5.41) is 15.0. The largest absolute Gasteiger partial charge is 0.386 e. The third-order valence-corrected chi connectivity index (χ3v) is 3.15. The van der Waals surface area contributed by atoms with Crippen LogP contribution in [0, 0.1) is 10.1 Å². The second-order valence-electron chi connectivity index (χ2n) is 4.48. The Morgan fingerprint density at radius 1 is 1.05 bits per heavy atom. The third-order valence-electron chi connectivity index (χ3n) is 3.15. The number of fused-ring (bicyclic) bond motifs is 1. The molecule has 104 valence electrons. The fraction of sp³-hybridized carbons (Fsp3) is 0.0667. The Bertz CT molecular complexity index is 799. The lowest BCUT2D eigenvalue weighted by Crippen LogP contribution is -2.04. The first-order valence-corrected chi connectivity index (χ1v) is 6.41. The number of nitrogens with zero attached hydrogens (tertiary/aromatic N) is 3. The van der Waals surface area contributed by atoms with E-state index in [0.29, 0.717) is 12.2 Å². The molecule has 0 aliphatic rings. The number of para-hydroxylation sites is 1. The van der Waals surface area contributed by atoms with E-state index >= 15 is 0 Å². The van der Waals surface area contributed by atoms with Crippen LogP contribution in [0.1, 0.15) is 5.56 Å². The van der Waals surface area contributed by atoms with Crippen LogP contribution in [-0.2, 0) is 6.54 Å². The molecule has 1 N–H and O–H groups in total. The van der Waals surface area contributed by atoms with Crippen LogP contribution in [0.2, 0.25) is 0 Å². The zero-order chi connectivity index (χ0) is 14.7. The van der Waals surface area contributed by atoms with Gasteiger partial charge >= 0.3 is 5.82 Å². The molecule has 0 unspecified atom stereocenters. The SMILES string of the molecule is O=[N+]([O-])c1ncccc1NCc1cccc2cccnc12. The lowest BCUT2D eigenvalue weighted by Gasteiger charge is -2.08. The smallest absolute Gasteiger partial charge is 0.374 e. The Morgan fingerprint density at radius 2 is 1.81 bits per heavy atom. The predicted octanol–water partition coefficient (Wildman–Crippen LogP) is 3.15. The normalized spacial score (nSPS) is 10.5. The van der Waals surface area contributed by atoms with Gasteiger partial charge in [-0.25, -0.2) is 0 Å². The Balaban J connectivity index is 1.89. The summed E-state index contributed by atoms with van der Waals surface area (Å²) in [4.78, 5) is 18.6. The number of hydrogen-bond acceptors (Lipinski definition) is 5. The number of nitro groups is 1. The molecule has 3 rings (SSSR count). The molecule has 0 radical (unpaired) electrons. The molecule has 2 heterocycles. The maximum absolute atomic E-state index is 10.9. The van der Waals surface area contributed by atoms with Crippen LogP contribution >= 0.6 is 0 Å². The average molecular weight is 280 g/mol. The number of rotatable bonds is 4. The highest BCUT2D eigenvalue weighted by molar-refractivity contribution is 5.81. The first-order chi connectivity index (χ1) is 10.3. The summed E-state index contributed by atoms with van der Waals surface area (Å²) in [6.45, 7) is 0.445. The summed E-state index contributed by atoms with van der Waals surface area (Å²) in [6, 6.07) is 13.0. The summed E-state index contributed by atoms with van der Waals surface area (Å²) in [7, 11) is 0. The van der Waals surface area contributed by atoms with Gasteiger partial charge in [0.25, 0.3) is 0 Å². The van der Waals surface area contributed by atoms with Crippen LogP contribution in [0.5, 0.6) is 0 Å². The first-order valence-electron chi connectivity index (χ1n) is 6.41. The second kappa shape index (κ2) is 5.54. The topological polar surface area (TPSA) is 81.0 Å². The number of aromatic nitrogens is 2. The van der Waals surface area contributed by atoms with E-state index in [2.05, 4.69) is 15.3 Å². The summed E-state index contributed by atoms with van der Waals surface area (Å²) < 4.78 is 0. The molecule has 0 spiro atoms. The second-order valence-corrected chi connectivity index (χ2v) is 4.48. The molecule has 0 bridgehead atoms. The van der Waals surface area contributed by atoms with Gasteiger partial charge in [0.05, 0.1) is 5.52 Å². The molecule has 6 heteroatoms. The quantitative estimate of drug-likeness (QED) is 0.586. The van der Waals surface area contributed by atoms with Crippen molar-refractivity contribution in [3.8, 4) is 0 Å². The molecule has 0 saturated carbocycles. The lowest BCUT2D eigenvalue weighted by molar-refractivity contribution is -0.388. The van der Waals surface area contributed by atoms with Crippen molar-refractivity contribution in [2.24, 2.45) is 0 Å². The van der Waals surface area contributed by atoms with Crippen LogP contribution < -0.4 is 5.32 Å². The van der Waals surface area contributed by atoms with Gasteiger partial charge in [0.1, 0.15) is 11.9 Å². The summed E-state index contributed by atoms with van der Waals surface area (Å²) in [6.07, 6.45) is 3.14. The minimum absolute atomic E-state index is 0.175. The highest BCUT2D eigenvalue weighted by Gasteiger charge is 2.13. The molecule has 0 amide bonds. The van der Waals surface area contributed by atoms with Gasteiger partial charge in [-0.1, -0.05) is 24.3 Å². The molecule has 6 nitrogen and oxygen atoms in total. The minimum Gasteiger partial charge on any atom is -0.374 e. The van der Waals surface area contributed by atoms with E-state index in [1.807, 2.05) is 30.3 Å². The number of hydrogen-bond donors (Lipinski definition) is 1. The van der Waals surface area contributed by atoms with E-state index in [1.165, 1.54) is 6.20 Å². The van der Waals surface area contributed by atoms with Crippen molar-refractivity contribution in [2.75, 3.05) is 5.32 Å². The highest BCUT2D eigenvalue weighted by Crippen LogP contribution is 2.22. The van der Waals surface area contributed by atoms with Crippen molar-refractivity contribution in [3.05, 3.63) is 70.5 Å². The van der Waals surface area contributed by atoms with E-state index < -0.39 is 4.92 Å². The van der Waals surface area contributed by atoms with Crippen molar-refractivity contribution >= 4 is 22.4 Å². The molecule has 0 saturated heterocycles. The van der Waals surface area contributed by atoms with Gasteiger partial charge in [-0.15, -0.1) is 0 Å². The van der Waals surface area contributed by atoms with Crippen molar-refractivity contribution in [2.45, 2.75) is 6.54 Å². The fourth-order valence-corrected chi connectivity index (χ4v) is 2.18. The molecule has 3 aromatic rings. The standard InChI is InChI=1S/C15H12N4O2/c20-19(21)15-13(7-3-9-17-15)18-10-12-5-1-4-11-6-2-8-16-14(11)12/h1-9,18H,10H2. The molecule has 0 aliphatic heterocycles. The van der Waals surface area contributed by atoms with Gasteiger partial charge in [0.2, 0.25) is 0 Å². The zero-order valence-electron chi connectivity index (χ0n) is 11.1. The number of benzene rings is 1. The monoisotopic (exact) mass is 280 g/mol. The molecule has 1 aromatic carbocycles. The van der Waals surface area contributed by atoms with Gasteiger partial charge in [0.15, 0.2) is 0 Å². The number of pyridine rings is 2. The maximum atomic E-state index is 10.9. The molecule has 2 aromatic heterocycles. The van der Waals surface area contributed by atoms with Crippen LogP contribution in [0.4, 0.5) is 11.5 Å². The summed E-state index contributed by atoms with van der Waals surface area (Å²) in [5.74, 6) is -0.175. The Hall–Kier alpha value is -3.02. The van der Waals surface area contributed by atoms with Crippen molar-refractivity contribution in [1.82, 2.24) is 9.97 Å². The molecular formula is C15H12N4O2. The molecule has 0 fully saturated rings. The lowest BCUT2D eigenvalue weighted by atomic mass is 10.1. The van der Waals surface area contributed by atoms with Crippen LogP contribution in [-0.4, -0.2) is 14.9 Å². The molecule has 0 aliphatic carbocycles. The van der Waals surface area contributed by atoms with Gasteiger partial charge < -0.3 is 15.4 Å². The highest BCUT2D eigenvalue weighted by atomic mass is 16.6. The van der Waals surface area contributed by atoms with E-state index in [4.69, 9.17) is 0 Å². The van der Waals surface area contributed by atoms with Crippen LogP contribution in [0.3, 0.4) is 0 Å². The molecule has 0 atom stereocenters. The van der Waals surface area contributed by atoms with E-state index in [-0.39, 0.29) is 5.82 Å². The van der Waals surface area contributed by atoms with Gasteiger partial charge in [-0.05, 0) is 33.7 Å². The summed E-state index contributed by atoms with van der Waals surface area (Å²) >= 11 is 0.